The monoisotopic (exact) mass is 304 g/mol. The molecule has 2 unspecified atom stereocenters. The molecule has 3 nitrogen and oxygen atoms in total. The minimum Gasteiger partial charge on any atom is -0.468 e. The van der Waals surface area contributed by atoms with Gasteiger partial charge in [-0.2, -0.15) is 0 Å². The van der Waals surface area contributed by atoms with Crippen LogP contribution < -0.4 is 0 Å². The summed E-state index contributed by atoms with van der Waals surface area (Å²) in [6.45, 7) is 2.05. The Hall–Kier alpha value is -1.68. The first kappa shape index (κ1) is 15.7. The molecule has 0 fully saturated rings. The topological polar surface area (TPSA) is 43.4 Å². The molecule has 2 aromatic carbocycles. The second kappa shape index (κ2) is 7.36. The lowest BCUT2D eigenvalue weighted by Gasteiger charge is -2.14. The normalized spacial score (nSPS) is 13.8. The highest BCUT2D eigenvalue weighted by atomic mass is 32.2. The van der Waals surface area contributed by atoms with E-state index < -0.39 is 22.0 Å². The largest absolute Gasteiger partial charge is 0.468 e. The van der Waals surface area contributed by atoms with Crippen molar-refractivity contribution in [3.05, 3.63) is 42.5 Å². The van der Waals surface area contributed by atoms with Gasteiger partial charge in [-0.05, 0) is 29.3 Å². The van der Waals surface area contributed by atoms with Gasteiger partial charge in [0.05, 0.1) is 17.9 Å². The summed E-state index contributed by atoms with van der Waals surface area (Å²) < 4.78 is 17.5. The fourth-order valence-corrected chi connectivity index (χ4v) is 3.72. The molecular formula is C17H20O3S. The molecule has 4 heteroatoms. The van der Waals surface area contributed by atoms with Crippen LogP contribution in [0.15, 0.2) is 47.4 Å². The summed E-state index contributed by atoms with van der Waals surface area (Å²) in [5.74, 6) is -0.394. The molecule has 0 aliphatic carbocycles. The van der Waals surface area contributed by atoms with Crippen LogP contribution in [0.4, 0.5) is 0 Å². The average Bonchev–Trinajstić information content (AvgIpc) is 2.54. The average molecular weight is 304 g/mol. The van der Waals surface area contributed by atoms with E-state index in [1.165, 1.54) is 7.11 Å². The maximum atomic E-state index is 12.7. The van der Waals surface area contributed by atoms with Gasteiger partial charge in [-0.1, -0.05) is 50.1 Å². The molecule has 0 bridgehead atoms. The zero-order valence-electron chi connectivity index (χ0n) is 12.4. The van der Waals surface area contributed by atoms with Crippen molar-refractivity contribution >= 4 is 27.5 Å². The van der Waals surface area contributed by atoms with Crippen molar-refractivity contribution in [3.8, 4) is 0 Å². The first-order valence-corrected chi connectivity index (χ1v) is 8.36. The Labute approximate surface area is 127 Å². The van der Waals surface area contributed by atoms with Gasteiger partial charge in [0.25, 0.3) is 0 Å². The summed E-state index contributed by atoms with van der Waals surface area (Å²) in [6.07, 6.45) is 2.41. The Morgan fingerprint density at radius 1 is 1.19 bits per heavy atom. The lowest BCUT2D eigenvalue weighted by atomic mass is 10.1. The van der Waals surface area contributed by atoms with Crippen LogP contribution in [0.25, 0.3) is 10.8 Å². The fourth-order valence-electron chi connectivity index (χ4n) is 2.29. The third-order valence-corrected chi connectivity index (χ3v) is 5.16. The lowest BCUT2D eigenvalue weighted by molar-refractivity contribution is -0.140. The van der Waals surface area contributed by atoms with Crippen molar-refractivity contribution in [1.29, 1.82) is 0 Å². The summed E-state index contributed by atoms with van der Waals surface area (Å²) in [6, 6.07) is 13.6. The van der Waals surface area contributed by atoms with Gasteiger partial charge < -0.3 is 4.74 Å². The highest BCUT2D eigenvalue weighted by Crippen LogP contribution is 2.22. The molecule has 0 radical (unpaired) electrons. The standard InChI is InChI=1S/C17H20O3S/c1-3-4-9-16(17(18)20-2)21(19)15-11-10-13-7-5-6-8-14(13)12-15/h5-8,10-12,16H,3-4,9H2,1-2H3. The van der Waals surface area contributed by atoms with Crippen molar-refractivity contribution in [2.75, 3.05) is 7.11 Å². The molecule has 112 valence electrons. The van der Waals surface area contributed by atoms with E-state index in [1.807, 2.05) is 49.4 Å². The predicted octanol–water partition coefficient (Wildman–Crippen LogP) is 3.68. The molecule has 21 heavy (non-hydrogen) atoms. The van der Waals surface area contributed by atoms with Gasteiger partial charge in [0.1, 0.15) is 5.25 Å². The van der Waals surface area contributed by atoms with Crippen molar-refractivity contribution < 1.29 is 13.7 Å². The number of hydrogen-bond acceptors (Lipinski definition) is 3. The second-order valence-electron chi connectivity index (χ2n) is 4.96. The number of ether oxygens (including phenoxy) is 1. The molecule has 0 saturated carbocycles. The van der Waals surface area contributed by atoms with Gasteiger partial charge in [-0.15, -0.1) is 0 Å². The second-order valence-corrected chi connectivity index (χ2v) is 6.60. The van der Waals surface area contributed by atoms with E-state index in [0.717, 1.165) is 23.6 Å². The van der Waals surface area contributed by atoms with Gasteiger partial charge in [0, 0.05) is 4.90 Å². The van der Waals surface area contributed by atoms with Crippen LogP contribution in [-0.4, -0.2) is 22.5 Å². The molecule has 2 rings (SSSR count). The van der Waals surface area contributed by atoms with E-state index in [1.54, 1.807) is 0 Å². The van der Waals surface area contributed by atoms with Gasteiger partial charge >= 0.3 is 5.97 Å². The number of benzene rings is 2. The summed E-state index contributed by atoms with van der Waals surface area (Å²) in [5.41, 5.74) is 0. The molecule has 2 aromatic rings. The van der Waals surface area contributed by atoms with Crippen molar-refractivity contribution in [2.24, 2.45) is 0 Å². The van der Waals surface area contributed by atoms with Crippen LogP contribution in [0.5, 0.6) is 0 Å². The summed E-state index contributed by atoms with van der Waals surface area (Å²) in [7, 11) is -0.0371. The van der Waals surface area contributed by atoms with Crippen molar-refractivity contribution in [2.45, 2.75) is 36.3 Å². The maximum Gasteiger partial charge on any atom is 0.321 e. The van der Waals surface area contributed by atoms with Crippen LogP contribution >= 0.6 is 0 Å². The maximum absolute atomic E-state index is 12.7. The number of hydrogen-bond donors (Lipinski definition) is 0. The zero-order chi connectivity index (χ0) is 15.2. The summed E-state index contributed by atoms with van der Waals surface area (Å²) in [5, 5.41) is 1.54. The Morgan fingerprint density at radius 2 is 1.90 bits per heavy atom. The number of carbonyl (C=O) groups is 1. The molecule has 0 amide bonds. The third kappa shape index (κ3) is 3.70. The number of rotatable bonds is 6. The molecule has 0 aliphatic rings. The van der Waals surface area contributed by atoms with E-state index in [4.69, 9.17) is 4.74 Å². The molecule has 0 saturated heterocycles. The minimum absolute atomic E-state index is 0.394. The van der Waals surface area contributed by atoms with E-state index in [-0.39, 0.29) is 0 Å². The van der Waals surface area contributed by atoms with Crippen molar-refractivity contribution in [1.82, 2.24) is 0 Å². The Kier molecular flexibility index (Phi) is 5.51. The molecule has 0 aliphatic heterocycles. The van der Waals surface area contributed by atoms with Crippen LogP contribution in [0.1, 0.15) is 26.2 Å². The molecule has 0 heterocycles. The highest BCUT2D eigenvalue weighted by Gasteiger charge is 2.26. The highest BCUT2D eigenvalue weighted by molar-refractivity contribution is 7.86. The molecule has 0 N–H and O–H groups in total. The van der Waals surface area contributed by atoms with E-state index in [0.29, 0.717) is 11.3 Å². The first-order chi connectivity index (χ1) is 10.2. The quantitative estimate of drug-likeness (QED) is 0.765. The number of esters is 1. The Morgan fingerprint density at radius 3 is 2.57 bits per heavy atom. The molecular weight excluding hydrogens is 284 g/mol. The molecule has 2 atom stereocenters. The minimum atomic E-state index is -1.38. The number of carbonyl (C=O) groups excluding carboxylic acids is 1. The van der Waals surface area contributed by atoms with Crippen LogP contribution in [0.3, 0.4) is 0 Å². The van der Waals surface area contributed by atoms with Crippen LogP contribution in [-0.2, 0) is 20.3 Å². The van der Waals surface area contributed by atoms with E-state index in [2.05, 4.69) is 0 Å². The van der Waals surface area contributed by atoms with E-state index in [9.17, 15) is 9.00 Å². The van der Waals surface area contributed by atoms with Gasteiger partial charge in [0.2, 0.25) is 0 Å². The summed E-state index contributed by atoms with van der Waals surface area (Å²) >= 11 is 0. The van der Waals surface area contributed by atoms with Crippen molar-refractivity contribution in [3.63, 3.8) is 0 Å². The van der Waals surface area contributed by atoms with Crippen LogP contribution in [0, 0.1) is 0 Å². The predicted molar refractivity (Wildman–Crippen MR) is 85.7 cm³/mol. The Bertz CT molecular complexity index is 651. The Balaban J connectivity index is 2.31. The molecule has 0 spiro atoms. The fraction of sp³-hybridized carbons (Fsp3) is 0.353. The zero-order valence-corrected chi connectivity index (χ0v) is 13.2. The third-order valence-electron chi connectivity index (χ3n) is 3.50. The van der Waals surface area contributed by atoms with Gasteiger partial charge in [-0.3, -0.25) is 9.00 Å². The first-order valence-electron chi connectivity index (χ1n) is 7.14. The van der Waals surface area contributed by atoms with Gasteiger partial charge in [-0.25, -0.2) is 0 Å². The SMILES string of the molecule is CCCCC(C(=O)OC)S(=O)c1ccc2ccccc2c1. The smallest absolute Gasteiger partial charge is 0.321 e. The molecule has 0 aromatic heterocycles. The van der Waals surface area contributed by atoms with Crippen LogP contribution in [0.2, 0.25) is 0 Å². The number of fused-ring (bicyclic) bond motifs is 1. The van der Waals surface area contributed by atoms with E-state index >= 15 is 0 Å². The number of unbranched alkanes of at least 4 members (excludes halogenated alkanes) is 1. The number of methoxy groups -OCH3 is 1. The lowest BCUT2D eigenvalue weighted by Crippen LogP contribution is -2.27. The van der Waals surface area contributed by atoms with Gasteiger partial charge in [0.15, 0.2) is 0 Å². The summed E-state index contributed by atoms with van der Waals surface area (Å²) in [4.78, 5) is 12.6.